The summed E-state index contributed by atoms with van der Waals surface area (Å²) < 4.78 is 7.86. The fourth-order valence-corrected chi connectivity index (χ4v) is 3.90. The number of ether oxygens (including phenoxy) is 1. The number of imidazole rings is 1. The van der Waals surface area contributed by atoms with Crippen molar-refractivity contribution in [1.29, 1.82) is 0 Å². The van der Waals surface area contributed by atoms with Gasteiger partial charge in [-0.1, -0.05) is 13.8 Å². The van der Waals surface area contributed by atoms with Crippen molar-refractivity contribution in [2.45, 2.75) is 52.2 Å². The second-order valence-electron chi connectivity index (χ2n) is 6.53. The lowest BCUT2D eigenvalue weighted by Crippen LogP contribution is -2.21. The van der Waals surface area contributed by atoms with Crippen LogP contribution in [0.25, 0.3) is 11.0 Å². The van der Waals surface area contributed by atoms with Gasteiger partial charge < -0.3 is 15.0 Å². The zero-order valence-electron chi connectivity index (χ0n) is 12.7. The van der Waals surface area contributed by atoms with Crippen LogP contribution in [0.5, 0.6) is 0 Å². The first-order valence-electron chi connectivity index (χ1n) is 7.92. The molecule has 0 bridgehead atoms. The number of fused-ring (bicyclic) bond motifs is 5. The van der Waals surface area contributed by atoms with Gasteiger partial charge in [0.05, 0.1) is 12.1 Å². The first-order chi connectivity index (χ1) is 10.2. The highest BCUT2D eigenvalue weighted by Crippen LogP contribution is 2.41. The summed E-state index contributed by atoms with van der Waals surface area (Å²) in [6, 6.07) is 0. The third kappa shape index (κ3) is 1.87. The maximum Gasteiger partial charge on any atom is 0.151 e. The molecule has 1 aliphatic carbocycles. The van der Waals surface area contributed by atoms with Crippen LogP contribution in [-0.2, 0) is 24.3 Å². The standard InChI is InChI=1S/C16H22N4O/c1-9(2)10-4-3-5-11-13(10)15-14(16(17)18-11)19-12-8-21-7-6-20(12)15/h9-10H,3-8H2,1-2H3,(H2,17,18). The van der Waals surface area contributed by atoms with E-state index in [1.54, 1.807) is 0 Å². The number of aryl methyl sites for hydroxylation is 1. The summed E-state index contributed by atoms with van der Waals surface area (Å²) >= 11 is 0. The van der Waals surface area contributed by atoms with Crippen LogP contribution in [-0.4, -0.2) is 21.1 Å². The van der Waals surface area contributed by atoms with E-state index >= 15 is 0 Å². The Morgan fingerprint density at radius 1 is 1.33 bits per heavy atom. The molecule has 3 heterocycles. The van der Waals surface area contributed by atoms with Crippen LogP contribution in [0.3, 0.4) is 0 Å². The Balaban J connectivity index is 2.06. The molecule has 0 amide bonds. The minimum atomic E-state index is 0.563. The predicted octanol–water partition coefficient (Wildman–Crippen LogP) is 2.62. The van der Waals surface area contributed by atoms with Crippen LogP contribution in [0.15, 0.2) is 0 Å². The van der Waals surface area contributed by atoms with Crippen molar-refractivity contribution in [2.75, 3.05) is 12.3 Å². The van der Waals surface area contributed by atoms with E-state index in [0.29, 0.717) is 24.3 Å². The fourth-order valence-electron chi connectivity index (χ4n) is 3.90. The number of anilines is 1. The summed E-state index contributed by atoms with van der Waals surface area (Å²) in [7, 11) is 0. The Labute approximate surface area is 124 Å². The summed E-state index contributed by atoms with van der Waals surface area (Å²) in [4.78, 5) is 9.38. The molecule has 2 aliphatic rings. The van der Waals surface area contributed by atoms with Crippen molar-refractivity contribution in [2.24, 2.45) is 5.92 Å². The SMILES string of the molecule is CC(C)C1CCCc2nc(N)c3nc4n(c3c21)CCOC4. The van der Waals surface area contributed by atoms with E-state index in [0.717, 1.165) is 30.9 Å². The van der Waals surface area contributed by atoms with Gasteiger partial charge in [0.1, 0.15) is 17.9 Å². The van der Waals surface area contributed by atoms with Gasteiger partial charge in [0.15, 0.2) is 5.82 Å². The van der Waals surface area contributed by atoms with E-state index in [4.69, 9.17) is 15.5 Å². The van der Waals surface area contributed by atoms with Crippen molar-refractivity contribution in [3.05, 3.63) is 17.1 Å². The predicted molar refractivity (Wildman–Crippen MR) is 82.1 cm³/mol. The third-order valence-corrected chi connectivity index (χ3v) is 4.91. The van der Waals surface area contributed by atoms with Crippen molar-refractivity contribution in [3.63, 3.8) is 0 Å². The van der Waals surface area contributed by atoms with E-state index in [9.17, 15) is 0 Å². The molecule has 1 unspecified atom stereocenters. The van der Waals surface area contributed by atoms with Crippen molar-refractivity contribution in [3.8, 4) is 0 Å². The minimum absolute atomic E-state index is 0.563. The highest BCUT2D eigenvalue weighted by Gasteiger charge is 2.30. The quantitative estimate of drug-likeness (QED) is 0.875. The van der Waals surface area contributed by atoms with Gasteiger partial charge in [-0.2, -0.15) is 0 Å². The molecule has 0 fully saturated rings. The van der Waals surface area contributed by atoms with E-state index in [1.165, 1.54) is 29.6 Å². The molecule has 0 saturated carbocycles. The number of nitrogens with two attached hydrogens (primary N) is 1. The molecule has 21 heavy (non-hydrogen) atoms. The molecule has 112 valence electrons. The van der Waals surface area contributed by atoms with E-state index in [-0.39, 0.29) is 0 Å². The Morgan fingerprint density at radius 2 is 2.19 bits per heavy atom. The van der Waals surface area contributed by atoms with Gasteiger partial charge in [-0.05, 0) is 31.1 Å². The molecule has 2 N–H and O–H groups in total. The van der Waals surface area contributed by atoms with Crippen molar-refractivity contribution >= 4 is 16.9 Å². The molecule has 4 rings (SSSR count). The Bertz CT molecular complexity index is 704. The van der Waals surface area contributed by atoms with Gasteiger partial charge in [0.2, 0.25) is 0 Å². The monoisotopic (exact) mass is 286 g/mol. The lowest BCUT2D eigenvalue weighted by atomic mass is 9.78. The number of hydrogen-bond donors (Lipinski definition) is 1. The number of hydrogen-bond acceptors (Lipinski definition) is 4. The molecular weight excluding hydrogens is 264 g/mol. The Hall–Kier alpha value is -1.62. The highest BCUT2D eigenvalue weighted by molar-refractivity contribution is 5.89. The van der Waals surface area contributed by atoms with Crippen LogP contribution in [0.4, 0.5) is 5.82 Å². The molecule has 0 radical (unpaired) electrons. The van der Waals surface area contributed by atoms with Gasteiger partial charge in [0, 0.05) is 17.8 Å². The topological polar surface area (TPSA) is 66.0 Å². The zero-order chi connectivity index (χ0) is 14.6. The molecule has 0 aromatic carbocycles. The van der Waals surface area contributed by atoms with Crippen molar-refractivity contribution < 1.29 is 4.74 Å². The molecule has 1 atom stereocenters. The third-order valence-electron chi connectivity index (χ3n) is 4.91. The average molecular weight is 286 g/mol. The number of rotatable bonds is 1. The molecule has 0 saturated heterocycles. The normalized spacial score (nSPS) is 21.6. The van der Waals surface area contributed by atoms with Crippen LogP contribution >= 0.6 is 0 Å². The lowest BCUT2D eigenvalue weighted by Gasteiger charge is -2.29. The second-order valence-corrected chi connectivity index (χ2v) is 6.53. The Kier molecular flexibility index (Phi) is 2.92. The highest BCUT2D eigenvalue weighted by atomic mass is 16.5. The molecule has 2 aromatic heterocycles. The average Bonchev–Trinajstić information content (AvgIpc) is 2.87. The molecule has 2 aromatic rings. The van der Waals surface area contributed by atoms with Crippen LogP contribution < -0.4 is 5.73 Å². The molecule has 5 heteroatoms. The van der Waals surface area contributed by atoms with Gasteiger partial charge in [-0.3, -0.25) is 0 Å². The van der Waals surface area contributed by atoms with E-state index in [2.05, 4.69) is 23.4 Å². The van der Waals surface area contributed by atoms with Crippen LogP contribution in [0.1, 0.15) is 49.7 Å². The van der Waals surface area contributed by atoms with Crippen LogP contribution in [0.2, 0.25) is 0 Å². The number of aromatic nitrogens is 3. The maximum absolute atomic E-state index is 6.19. The summed E-state index contributed by atoms with van der Waals surface area (Å²) in [5.41, 5.74) is 10.9. The number of nitrogens with zero attached hydrogens (tertiary/aromatic N) is 3. The summed E-state index contributed by atoms with van der Waals surface area (Å²) in [5.74, 6) is 2.75. The Morgan fingerprint density at radius 3 is 3.00 bits per heavy atom. The number of nitrogen functional groups attached to an aromatic ring is 1. The molecule has 1 aliphatic heterocycles. The largest absolute Gasteiger partial charge is 0.382 e. The van der Waals surface area contributed by atoms with E-state index in [1.807, 2.05) is 0 Å². The van der Waals surface area contributed by atoms with Gasteiger partial charge in [-0.25, -0.2) is 9.97 Å². The first kappa shape index (κ1) is 13.1. The van der Waals surface area contributed by atoms with Gasteiger partial charge >= 0.3 is 0 Å². The van der Waals surface area contributed by atoms with Gasteiger partial charge in [-0.15, -0.1) is 0 Å². The lowest BCUT2D eigenvalue weighted by molar-refractivity contribution is 0.0829. The summed E-state index contributed by atoms with van der Waals surface area (Å²) in [5, 5.41) is 0. The second kappa shape index (κ2) is 4.70. The number of pyridine rings is 1. The van der Waals surface area contributed by atoms with E-state index < -0.39 is 0 Å². The minimum Gasteiger partial charge on any atom is -0.382 e. The summed E-state index contributed by atoms with van der Waals surface area (Å²) in [6.07, 6.45) is 3.48. The zero-order valence-corrected chi connectivity index (χ0v) is 12.7. The maximum atomic E-state index is 6.19. The fraction of sp³-hybridized carbons (Fsp3) is 0.625. The van der Waals surface area contributed by atoms with Crippen LogP contribution in [0, 0.1) is 5.92 Å². The van der Waals surface area contributed by atoms with Gasteiger partial charge in [0.25, 0.3) is 0 Å². The smallest absolute Gasteiger partial charge is 0.151 e. The first-order valence-corrected chi connectivity index (χ1v) is 7.92. The van der Waals surface area contributed by atoms with Crippen molar-refractivity contribution in [1.82, 2.24) is 14.5 Å². The molecular formula is C16H22N4O. The summed E-state index contributed by atoms with van der Waals surface area (Å²) in [6.45, 7) is 6.81. The molecule has 0 spiro atoms. The molecule has 5 nitrogen and oxygen atoms in total.